The maximum atomic E-state index is 13.2. The molecule has 0 N–H and O–H groups in total. The number of benzene rings is 1. The van der Waals surface area contributed by atoms with Crippen molar-refractivity contribution < 1.29 is 9.18 Å². The molecule has 0 spiro atoms. The number of carbonyl (C=O) groups is 1. The van der Waals surface area contributed by atoms with Gasteiger partial charge in [0.25, 0.3) is 0 Å². The minimum Gasteiger partial charge on any atom is -0.299 e. The quantitative estimate of drug-likeness (QED) is 0.867. The summed E-state index contributed by atoms with van der Waals surface area (Å²) in [6, 6.07) is 9.94. The van der Waals surface area contributed by atoms with Crippen LogP contribution in [0.5, 0.6) is 0 Å². The zero-order valence-corrected chi connectivity index (χ0v) is 11.2. The Bertz CT molecular complexity index is 537. The first-order valence-corrected chi connectivity index (χ1v) is 6.29. The van der Waals surface area contributed by atoms with Gasteiger partial charge in [-0.05, 0) is 35.9 Å². The van der Waals surface area contributed by atoms with Gasteiger partial charge < -0.3 is 0 Å². The van der Waals surface area contributed by atoms with Crippen LogP contribution in [0.4, 0.5) is 4.39 Å². The zero-order valence-electron chi connectivity index (χ0n) is 9.57. The second-order valence-corrected chi connectivity index (χ2v) is 4.91. The van der Waals surface area contributed by atoms with Gasteiger partial charge in [-0.3, -0.25) is 9.78 Å². The molecule has 1 aromatic heterocycles. The Morgan fingerprint density at radius 1 is 1.22 bits per heavy atom. The molecule has 0 fully saturated rings. The number of hydrogen-bond acceptors (Lipinski definition) is 2. The number of halogens is 2. The van der Waals surface area contributed by atoms with Crippen molar-refractivity contribution in [3.8, 4) is 0 Å². The number of carbonyl (C=O) groups excluding carboxylic acids is 1. The van der Waals surface area contributed by atoms with E-state index in [0.717, 1.165) is 5.69 Å². The fourth-order valence-electron chi connectivity index (χ4n) is 1.71. The number of pyridine rings is 1. The number of ketones is 1. The highest BCUT2D eigenvalue weighted by molar-refractivity contribution is 9.10. The lowest BCUT2D eigenvalue weighted by Crippen LogP contribution is -2.07. The fourth-order valence-corrected chi connectivity index (χ4v) is 2.22. The molecule has 2 aromatic rings. The van der Waals surface area contributed by atoms with Crippen molar-refractivity contribution in [2.75, 3.05) is 0 Å². The molecule has 18 heavy (non-hydrogen) atoms. The third-order valence-corrected chi connectivity index (χ3v) is 2.89. The van der Waals surface area contributed by atoms with Crippen molar-refractivity contribution >= 4 is 21.7 Å². The van der Waals surface area contributed by atoms with Crippen LogP contribution in [-0.2, 0) is 17.6 Å². The molecule has 2 rings (SSSR count). The zero-order chi connectivity index (χ0) is 13.0. The van der Waals surface area contributed by atoms with Gasteiger partial charge in [-0.15, -0.1) is 0 Å². The maximum Gasteiger partial charge on any atom is 0.143 e. The van der Waals surface area contributed by atoms with E-state index in [9.17, 15) is 9.18 Å². The molecule has 1 heterocycles. The molecule has 0 atom stereocenters. The minimum atomic E-state index is -0.343. The first kappa shape index (κ1) is 12.9. The van der Waals surface area contributed by atoms with Gasteiger partial charge in [0.1, 0.15) is 11.6 Å². The SMILES string of the molecule is O=C(Cc1cc(F)cc(Br)c1)Cc1ccccn1. The predicted octanol–water partition coefficient (Wildman–Crippen LogP) is 3.34. The molecular formula is C14H11BrFNO. The van der Waals surface area contributed by atoms with Crippen LogP contribution in [-0.4, -0.2) is 10.8 Å². The Kier molecular flexibility index (Phi) is 4.20. The van der Waals surface area contributed by atoms with Gasteiger partial charge in [0.2, 0.25) is 0 Å². The average molecular weight is 308 g/mol. The minimum absolute atomic E-state index is 0.0196. The highest BCUT2D eigenvalue weighted by Crippen LogP contribution is 2.15. The van der Waals surface area contributed by atoms with E-state index in [1.165, 1.54) is 12.1 Å². The highest BCUT2D eigenvalue weighted by Gasteiger charge is 2.07. The monoisotopic (exact) mass is 307 g/mol. The van der Waals surface area contributed by atoms with E-state index in [2.05, 4.69) is 20.9 Å². The van der Waals surface area contributed by atoms with Gasteiger partial charge in [0, 0.05) is 29.2 Å². The van der Waals surface area contributed by atoms with Crippen LogP contribution in [0.25, 0.3) is 0 Å². The summed E-state index contributed by atoms with van der Waals surface area (Å²) in [7, 11) is 0. The van der Waals surface area contributed by atoms with E-state index in [0.29, 0.717) is 10.0 Å². The van der Waals surface area contributed by atoms with Gasteiger partial charge >= 0.3 is 0 Å². The summed E-state index contributed by atoms with van der Waals surface area (Å²) in [5.41, 5.74) is 1.40. The molecule has 0 radical (unpaired) electrons. The second-order valence-electron chi connectivity index (χ2n) is 3.99. The largest absolute Gasteiger partial charge is 0.299 e. The molecule has 1 aromatic carbocycles. The molecule has 0 aliphatic rings. The Morgan fingerprint density at radius 2 is 2.06 bits per heavy atom. The van der Waals surface area contributed by atoms with Crippen molar-refractivity contribution in [1.82, 2.24) is 4.98 Å². The lowest BCUT2D eigenvalue weighted by Gasteiger charge is -2.02. The number of hydrogen-bond donors (Lipinski definition) is 0. The molecule has 92 valence electrons. The molecule has 0 amide bonds. The van der Waals surface area contributed by atoms with Gasteiger partial charge in [-0.25, -0.2) is 4.39 Å². The smallest absolute Gasteiger partial charge is 0.143 e. The van der Waals surface area contributed by atoms with E-state index in [-0.39, 0.29) is 24.4 Å². The molecular weight excluding hydrogens is 297 g/mol. The van der Waals surface area contributed by atoms with Gasteiger partial charge in [-0.1, -0.05) is 22.0 Å². The first-order chi connectivity index (χ1) is 8.63. The standard InChI is InChI=1S/C14H11BrFNO/c15-11-5-10(6-12(16)8-11)7-14(18)9-13-3-1-2-4-17-13/h1-6,8H,7,9H2. The molecule has 4 heteroatoms. The van der Waals surface area contributed by atoms with Gasteiger partial charge in [-0.2, -0.15) is 0 Å². The maximum absolute atomic E-state index is 13.2. The summed E-state index contributed by atoms with van der Waals surface area (Å²) in [5.74, 6) is -0.323. The summed E-state index contributed by atoms with van der Waals surface area (Å²) < 4.78 is 13.8. The number of nitrogens with zero attached hydrogens (tertiary/aromatic N) is 1. The van der Waals surface area contributed by atoms with Crippen LogP contribution in [0.15, 0.2) is 47.1 Å². The molecule has 0 aliphatic carbocycles. The third kappa shape index (κ3) is 3.74. The van der Waals surface area contributed by atoms with Crippen molar-refractivity contribution in [3.05, 3.63) is 64.1 Å². The second kappa shape index (κ2) is 5.87. The lowest BCUT2D eigenvalue weighted by molar-refractivity contribution is -0.117. The summed E-state index contributed by atoms with van der Waals surface area (Å²) in [5, 5.41) is 0. The molecule has 0 saturated carbocycles. The molecule has 0 aliphatic heterocycles. The van der Waals surface area contributed by atoms with Crippen LogP contribution >= 0.6 is 15.9 Å². The van der Waals surface area contributed by atoms with E-state index in [1.807, 2.05) is 6.07 Å². The van der Waals surface area contributed by atoms with E-state index in [1.54, 1.807) is 24.4 Å². The van der Waals surface area contributed by atoms with Crippen LogP contribution < -0.4 is 0 Å². The number of aromatic nitrogens is 1. The summed E-state index contributed by atoms with van der Waals surface area (Å²) in [6.45, 7) is 0. The van der Waals surface area contributed by atoms with Gasteiger partial charge in [0.15, 0.2) is 0 Å². The Balaban J connectivity index is 2.03. The van der Waals surface area contributed by atoms with E-state index < -0.39 is 0 Å². The fraction of sp³-hybridized carbons (Fsp3) is 0.143. The van der Waals surface area contributed by atoms with Crippen LogP contribution in [0.3, 0.4) is 0 Å². The molecule has 0 bridgehead atoms. The predicted molar refractivity (Wildman–Crippen MR) is 70.8 cm³/mol. The lowest BCUT2D eigenvalue weighted by atomic mass is 10.1. The summed E-state index contributed by atoms with van der Waals surface area (Å²) >= 11 is 3.21. The van der Waals surface area contributed by atoms with E-state index in [4.69, 9.17) is 0 Å². The topological polar surface area (TPSA) is 30.0 Å². The number of Topliss-reactive ketones (excluding diaryl/α,β-unsaturated/α-hetero) is 1. The average Bonchev–Trinajstić information content (AvgIpc) is 2.28. The number of rotatable bonds is 4. The Morgan fingerprint density at radius 3 is 2.72 bits per heavy atom. The van der Waals surface area contributed by atoms with Crippen molar-refractivity contribution in [2.45, 2.75) is 12.8 Å². The summed E-state index contributed by atoms with van der Waals surface area (Å²) in [4.78, 5) is 15.9. The van der Waals surface area contributed by atoms with Crippen LogP contribution in [0, 0.1) is 5.82 Å². The van der Waals surface area contributed by atoms with Gasteiger partial charge in [0.05, 0.1) is 0 Å². The third-order valence-electron chi connectivity index (χ3n) is 2.43. The van der Waals surface area contributed by atoms with Crippen LogP contribution in [0.1, 0.15) is 11.3 Å². The molecule has 0 unspecified atom stereocenters. The van der Waals surface area contributed by atoms with Crippen molar-refractivity contribution in [3.63, 3.8) is 0 Å². The van der Waals surface area contributed by atoms with Crippen molar-refractivity contribution in [1.29, 1.82) is 0 Å². The highest BCUT2D eigenvalue weighted by atomic mass is 79.9. The van der Waals surface area contributed by atoms with Crippen molar-refractivity contribution in [2.24, 2.45) is 0 Å². The Labute approximate surface area is 113 Å². The first-order valence-electron chi connectivity index (χ1n) is 5.50. The normalized spacial score (nSPS) is 10.3. The van der Waals surface area contributed by atoms with E-state index >= 15 is 0 Å². The Hall–Kier alpha value is -1.55. The molecule has 0 saturated heterocycles. The molecule has 2 nitrogen and oxygen atoms in total. The summed E-state index contributed by atoms with van der Waals surface area (Å²) in [6.07, 6.45) is 2.14. The van der Waals surface area contributed by atoms with Crippen LogP contribution in [0.2, 0.25) is 0 Å².